The first-order valence-corrected chi connectivity index (χ1v) is 4.98. The summed E-state index contributed by atoms with van der Waals surface area (Å²) in [4.78, 5) is 0. The van der Waals surface area contributed by atoms with Crippen molar-refractivity contribution in [1.29, 1.82) is 0 Å². The second-order valence-electron chi connectivity index (χ2n) is 0.615. The zero-order valence-electron chi connectivity index (χ0n) is 2.51. The minimum absolute atomic E-state index is 1.22. The molecule has 1 aliphatic heterocycles. The Morgan fingerprint density at radius 1 is 1.60 bits per heavy atom. The third kappa shape index (κ3) is 1.28. The molecule has 0 aromatic rings. The molecule has 1 heterocycles. The van der Waals surface area contributed by atoms with Gasteiger partial charge in [0.15, 0.2) is 0 Å². The number of hydrogen-bond acceptors (Lipinski definition) is 3. The van der Waals surface area contributed by atoms with Crippen molar-refractivity contribution in [2.75, 3.05) is 5.75 Å². The van der Waals surface area contributed by atoms with Crippen molar-refractivity contribution in [1.82, 2.24) is 0 Å². The van der Waals surface area contributed by atoms with Crippen molar-refractivity contribution in [2.24, 2.45) is 0 Å². The summed E-state index contributed by atoms with van der Waals surface area (Å²) in [5.41, 5.74) is 0. The topological polar surface area (TPSA) is 0 Å². The smallest absolute Gasteiger partial charge is 0.0394 e. The highest BCUT2D eigenvalue weighted by Crippen LogP contribution is 2.44. The molecule has 1 radical (unpaired) electrons. The highest BCUT2D eigenvalue weighted by atomic mass is 33.5. The molecule has 0 amide bonds. The van der Waals surface area contributed by atoms with E-state index in [-0.39, 0.29) is 0 Å². The first-order valence-electron chi connectivity index (χ1n) is 1.27. The van der Waals surface area contributed by atoms with Crippen LogP contribution in [0.5, 0.6) is 0 Å². The van der Waals surface area contributed by atoms with Crippen molar-refractivity contribution < 1.29 is 0 Å². The van der Waals surface area contributed by atoms with Gasteiger partial charge in [0.05, 0.1) is 0 Å². The average molecular weight is 123 g/mol. The van der Waals surface area contributed by atoms with Gasteiger partial charge >= 0.3 is 0 Å². The Labute approximate surface area is 43.3 Å². The predicted octanol–water partition coefficient (Wildman–Crippen LogP) is 2.19. The lowest BCUT2D eigenvalue weighted by molar-refractivity contribution is 1.80. The minimum atomic E-state index is 1.22. The third-order valence-electron chi connectivity index (χ3n) is 0.292. The zero-order chi connectivity index (χ0) is 3.54. The van der Waals surface area contributed by atoms with Gasteiger partial charge in [0.25, 0.3) is 0 Å². The van der Waals surface area contributed by atoms with E-state index >= 15 is 0 Å². The van der Waals surface area contributed by atoms with Gasteiger partial charge in [-0.1, -0.05) is 21.6 Å². The summed E-state index contributed by atoms with van der Waals surface area (Å²) >= 11 is 0. The van der Waals surface area contributed by atoms with E-state index in [1.807, 2.05) is 31.4 Å². The van der Waals surface area contributed by atoms with E-state index in [0.717, 1.165) is 0 Å². The van der Waals surface area contributed by atoms with Crippen molar-refractivity contribution in [3.05, 3.63) is 5.75 Å². The van der Waals surface area contributed by atoms with Crippen LogP contribution in [-0.2, 0) is 0 Å². The first-order chi connectivity index (χ1) is 2.50. The van der Waals surface area contributed by atoms with E-state index in [1.54, 1.807) is 0 Å². The van der Waals surface area contributed by atoms with Gasteiger partial charge in [0.1, 0.15) is 0 Å². The molecule has 1 saturated heterocycles. The lowest BCUT2D eigenvalue weighted by Gasteiger charge is -1.67. The van der Waals surface area contributed by atoms with Crippen molar-refractivity contribution in [3.63, 3.8) is 0 Å². The Hall–Kier alpha value is 1.05. The fourth-order valence-corrected chi connectivity index (χ4v) is 3.75. The number of rotatable bonds is 0. The fraction of sp³-hybridized carbons (Fsp3) is 0.500. The molecular weight excluding hydrogens is 120 g/mol. The fourth-order valence-electron chi connectivity index (χ4n) is 0.139. The standard InChI is InChI=1S/C2H3S3/c1-2-4-5-3-1/h1H,2H2. The van der Waals surface area contributed by atoms with Crippen molar-refractivity contribution in [3.8, 4) is 0 Å². The lowest BCUT2D eigenvalue weighted by Crippen LogP contribution is -1.53. The van der Waals surface area contributed by atoms with Crippen molar-refractivity contribution >= 4 is 31.4 Å². The Balaban J connectivity index is 2.08. The Bertz CT molecular complexity index is 16.5. The normalized spacial score (nSPS) is 24.0. The Kier molecular flexibility index (Phi) is 1.91. The van der Waals surface area contributed by atoms with E-state index in [4.69, 9.17) is 0 Å². The Morgan fingerprint density at radius 2 is 2.60 bits per heavy atom. The molecule has 0 aromatic carbocycles. The van der Waals surface area contributed by atoms with Crippen LogP contribution in [-0.4, -0.2) is 5.75 Å². The number of hydrogen-bond donors (Lipinski definition) is 0. The van der Waals surface area contributed by atoms with Gasteiger partial charge in [0, 0.05) is 11.5 Å². The summed E-state index contributed by atoms with van der Waals surface area (Å²) in [6.07, 6.45) is 0. The van der Waals surface area contributed by atoms with Gasteiger partial charge in [-0.2, -0.15) is 0 Å². The van der Waals surface area contributed by atoms with Gasteiger partial charge in [-0.05, 0) is 9.83 Å². The molecule has 0 saturated carbocycles. The van der Waals surface area contributed by atoms with Crippen LogP contribution in [0.1, 0.15) is 0 Å². The maximum Gasteiger partial charge on any atom is 0.0394 e. The quantitative estimate of drug-likeness (QED) is 0.453. The second kappa shape index (κ2) is 2.26. The second-order valence-corrected chi connectivity index (χ2v) is 4.76. The summed E-state index contributed by atoms with van der Waals surface area (Å²) < 4.78 is 0. The molecule has 0 unspecified atom stereocenters. The van der Waals surface area contributed by atoms with Crippen LogP contribution in [0.3, 0.4) is 0 Å². The SMILES string of the molecule is [CH]1CSSS1. The molecule has 5 heavy (non-hydrogen) atoms. The molecule has 0 nitrogen and oxygen atoms in total. The van der Waals surface area contributed by atoms with Crippen LogP contribution in [0.4, 0.5) is 0 Å². The molecule has 1 aliphatic rings. The van der Waals surface area contributed by atoms with E-state index in [1.165, 1.54) is 5.75 Å². The van der Waals surface area contributed by atoms with Crippen LogP contribution < -0.4 is 0 Å². The summed E-state index contributed by atoms with van der Waals surface area (Å²) in [5.74, 6) is 3.42. The maximum absolute atomic E-state index is 2.20. The van der Waals surface area contributed by atoms with Crippen LogP contribution in [0, 0.1) is 5.75 Å². The lowest BCUT2D eigenvalue weighted by atomic mass is 11.0. The minimum Gasteiger partial charge on any atom is -0.0813 e. The maximum atomic E-state index is 2.20. The van der Waals surface area contributed by atoms with Crippen LogP contribution in [0.15, 0.2) is 0 Å². The van der Waals surface area contributed by atoms with Gasteiger partial charge in [0.2, 0.25) is 0 Å². The van der Waals surface area contributed by atoms with E-state index in [0.29, 0.717) is 0 Å². The first kappa shape index (κ1) is 4.22. The molecule has 1 rings (SSSR count). The summed E-state index contributed by atoms with van der Waals surface area (Å²) in [6, 6.07) is 0. The molecule has 3 heteroatoms. The summed E-state index contributed by atoms with van der Waals surface area (Å²) in [7, 11) is 5.58. The van der Waals surface area contributed by atoms with Crippen LogP contribution in [0.2, 0.25) is 0 Å². The molecule has 0 atom stereocenters. The van der Waals surface area contributed by atoms with Gasteiger partial charge in [-0.25, -0.2) is 0 Å². The molecule has 29 valence electrons. The Morgan fingerprint density at radius 3 is 2.80 bits per heavy atom. The molecule has 0 N–H and O–H groups in total. The average Bonchev–Trinajstić information content (AvgIpc) is 1.76. The van der Waals surface area contributed by atoms with E-state index in [2.05, 4.69) is 5.75 Å². The van der Waals surface area contributed by atoms with Crippen LogP contribution >= 0.6 is 31.4 Å². The van der Waals surface area contributed by atoms with Crippen LogP contribution in [0.25, 0.3) is 0 Å². The third-order valence-corrected chi connectivity index (χ3v) is 4.20. The molecular formula is C2H3S3. The molecule has 0 aromatic heterocycles. The molecule has 0 aliphatic carbocycles. The van der Waals surface area contributed by atoms with Gasteiger partial charge < -0.3 is 0 Å². The zero-order valence-corrected chi connectivity index (χ0v) is 4.96. The van der Waals surface area contributed by atoms with E-state index in [9.17, 15) is 0 Å². The molecule has 1 fully saturated rings. The summed E-state index contributed by atoms with van der Waals surface area (Å²) in [6.45, 7) is 0. The van der Waals surface area contributed by atoms with Gasteiger partial charge in [-0.15, -0.1) is 0 Å². The highest BCUT2D eigenvalue weighted by Gasteiger charge is 1.98. The predicted molar refractivity (Wildman–Crippen MR) is 31.9 cm³/mol. The van der Waals surface area contributed by atoms with E-state index < -0.39 is 0 Å². The van der Waals surface area contributed by atoms with Crippen molar-refractivity contribution in [2.45, 2.75) is 0 Å². The monoisotopic (exact) mass is 123 g/mol. The highest BCUT2D eigenvalue weighted by molar-refractivity contribution is 9.11. The molecule has 0 bridgehead atoms. The largest absolute Gasteiger partial charge is 0.0813 e. The summed E-state index contributed by atoms with van der Waals surface area (Å²) in [5, 5.41) is 0. The molecule has 0 spiro atoms. The van der Waals surface area contributed by atoms with Gasteiger partial charge in [-0.3, -0.25) is 0 Å².